The molecule has 6 heteroatoms. The maximum atomic E-state index is 13.2. The van der Waals surface area contributed by atoms with E-state index in [2.05, 4.69) is 0 Å². The monoisotopic (exact) mass is 311 g/mol. The number of hydrogen-bond acceptors (Lipinski definition) is 5. The van der Waals surface area contributed by atoms with Gasteiger partial charge in [0.25, 0.3) is 0 Å². The minimum Gasteiger partial charge on any atom is -0.632 e. The van der Waals surface area contributed by atoms with E-state index in [0.29, 0.717) is 25.9 Å². The number of carbonyl (C=O) groups excluding carboxylic acids is 2. The largest absolute Gasteiger partial charge is 0.632 e. The lowest BCUT2D eigenvalue weighted by Gasteiger charge is -2.62. The molecular weight excluding hydrogens is 286 g/mol. The molecule has 4 fully saturated rings. The molecule has 4 rings (SSSR count). The van der Waals surface area contributed by atoms with E-state index in [-0.39, 0.29) is 36.8 Å². The summed E-state index contributed by atoms with van der Waals surface area (Å²) >= 11 is 0. The molecule has 1 atom stereocenters. The lowest BCUT2D eigenvalue weighted by molar-refractivity contribution is -0.934. The van der Waals surface area contributed by atoms with Crippen LogP contribution in [-0.4, -0.2) is 55.4 Å². The molecule has 0 aromatic heterocycles. The number of hydrogen-bond donors (Lipinski definition) is 0. The number of fused-ring (bicyclic) bond motifs is 3. The van der Waals surface area contributed by atoms with Crippen LogP contribution in [0.15, 0.2) is 0 Å². The Morgan fingerprint density at radius 3 is 2.41 bits per heavy atom. The molecule has 3 heterocycles. The first-order valence-corrected chi connectivity index (χ1v) is 8.30. The predicted octanol–water partition coefficient (Wildman–Crippen LogP) is 1.41. The molecule has 3 aliphatic heterocycles. The zero-order valence-corrected chi connectivity index (χ0v) is 13.2. The maximum absolute atomic E-state index is 13.2. The summed E-state index contributed by atoms with van der Waals surface area (Å²) in [4.78, 5) is 24.9. The Kier molecular flexibility index (Phi) is 4.27. The van der Waals surface area contributed by atoms with Crippen LogP contribution in [0.5, 0.6) is 0 Å². The molecule has 2 bridgehead atoms. The van der Waals surface area contributed by atoms with Gasteiger partial charge >= 0.3 is 5.97 Å². The Morgan fingerprint density at radius 1 is 1.23 bits per heavy atom. The van der Waals surface area contributed by atoms with Gasteiger partial charge in [-0.05, 0) is 12.8 Å². The standard InChI is InChI=1S/C16H25NO5/c1-21-10-16(11-22-15(19)13-4-2-3-5-13)14(18)12-6-8-17(16,20)9-7-12/h12-13H,2-11H2,1H3. The molecule has 6 nitrogen and oxygen atoms in total. The molecule has 0 radical (unpaired) electrons. The first-order chi connectivity index (χ1) is 10.5. The van der Waals surface area contributed by atoms with E-state index in [1.165, 1.54) is 7.11 Å². The van der Waals surface area contributed by atoms with Gasteiger partial charge in [0, 0.05) is 25.9 Å². The molecule has 3 saturated heterocycles. The fourth-order valence-corrected chi connectivity index (χ4v) is 4.38. The second-order valence-corrected chi connectivity index (χ2v) is 7.03. The topological polar surface area (TPSA) is 75.7 Å². The van der Waals surface area contributed by atoms with Crippen molar-refractivity contribution in [3.8, 4) is 0 Å². The molecule has 4 aliphatic rings. The summed E-state index contributed by atoms with van der Waals surface area (Å²) in [7, 11) is 1.49. The summed E-state index contributed by atoms with van der Waals surface area (Å²) in [5.74, 6) is -0.462. The zero-order chi connectivity index (χ0) is 15.8. The van der Waals surface area contributed by atoms with Gasteiger partial charge in [-0.15, -0.1) is 0 Å². The lowest BCUT2D eigenvalue weighted by atomic mass is 9.73. The zero-order valence-electron chi connectivity index (χ0n) is 13.2. The highest BCUT2D eigenvalue weighted by atomic mass is 16.6. The van der Waals surface area contributed by atoms with Gasteiger partial charge in [-0.1, -0.05) is 12.8 Å². The van der Waals surface area contributed by atoms with E-state index < -0.39 is 10.2 Å². The number of ether oxygens (including phenoxy) is 2. The molecule has 0 spiro atoms. The fourth-order valence-electron chi connectivity index (χ4n) is 4.38. The van der Waals surface area contributed by atoms with Crippen molar-refractivity contribution in [1.82, 2.24) is 0 Å². The molecule has 0 aromatic carbocycles. The summed E-state index contributed by atoms with van der Waals surface area (Å²) in [5.41, 5.74) is -1.25. The van der Waals surface area contributed by atoms with Gasteiger partial charge in [0.2, 0.25) is 11.3 Å². The van der Waals surface area contributed by atoms with Crippen LogP contribution in [0.2, 0.25) is 0 Å². The van der Waals surface area contributed by atoms with Gasteiger partial charge in [0.05, 0.1) is 19.0 Å². The molecule has 1 aliphatic carbocycles. The third-order valence-electron chi connectivity index (χ3n) is 5.81. The van der Waals surface area contributed by atoms with Crippen molar-refractivity contribution in [2.75, 3.05) is 33.4 Å². The summed E-state index contributed by atoms with van der Waals surface area (Å²) < 4.78 is 10.1. The van der Waals surface area contributed by atoms with E-state index in [4.69, 9.17) is 9.47 Å². The number of ketones is 1. The van der Waals surface area contributed by atoms with Gasteiger partial charge in [-0.25, -0.2) is 0 Å². The number of rotatable bonds is 5. The average molecular weight is 311 g/mol. The number of carbonyl (C=O) groups is 2. The van der Waals surface area contributed by atoms with Gasteiger partial charge < -0.3 is 19.3 Å². The van der Waals surface area contributed by atoms with Crippen molar-refractivity contribution in [1.29, 1.82) is 0 Å². The quantitative estimate of drug-likeness (QED) is 0.436. The van der Waals surface area contributed by atoms with E-state index >= 15 is 0 Å². The third kappa shape index (κ3) is 2.37. The SMILES string of the molecule is COCC1(COC(=O)C2CCCC2)C(=O)C2CC[N+]1([O-])CC2. The number of piperidine rings is 3. The smallest absolute Gasteiger partial charge is 0.309 e. The molecule has 0 aromatic rings. The van der Waals surface area contributed by atoms with Gasteiger partial charge in [0.15, 0.2) is 6.61 Å². The summed E-state index contributed by atoms with van der Waals surface area (Å²) in [6.07, 6.45) is 5.08. The van der Waals surface area contributed by atoms with Gasteiger partial charge in [-0.2, -0.15) is 0 Å². The average Bonchev–Trinajstić information content (AvgIpc) is 3.04. The molecule has 22 heavy (non-hydrogen) atoms. The lowest BCUT2D eigenvalue weighted by Crippen LogP contribution is -2.77. The fraction of sp³-hybridized carbons (Fsp3) is 0.875. The van der Waals surface area contributed by atoms with E-state index in [9.17, 15) is 14.8 Å². The highest BCUT2D eigenvalue weighted by Gasteiger charge is 2.61. The summed E-state index contributed by atoms with van der Waals surface area (Å²) in [6, 6.07) is 0. The summed E-state index contributed by atoms with van der Waals surface area (Å²) in [5, 5.41) is 13.2. The van der Waals surface area contributed by atoms with Crippen LogP contribution in [0.3, 0.4) is 0 Å². The van der Waals surface area contributed by atoms with Crippen molar-refractivity contribution < 1.29 is 23.7 Å². The van der Waals surface area contributed by atoms with Crippen LogP contribution < -0.4 is 0 Å². The second-order valence-electron chi connectivity index (χ2n) is 7.03. The van der Waals surface area contributed by atoms with E-state index in [1.54, 1.807) is 0 Å². The van der Waals surface area contributed by atoms with Crippen molar-refractivity contribution in [2.24, 2.45) is 11.8 Å². The van der Waals surface area contributed by atoms with Crippen molar-refractivity contribution >= 4 is 11.8 Å². The highest BCUT2D eigenvalue weighted by Crippen LogP contribution is 2.42. The van der Waals surface area contributed by atoms with Crippen LogP contribution in [0, 0.1) is 17.0 Å². The minimum atomic E-state index is -1.25. The number of esters is 1. The van der Waals surface area contributed by atoms with E-state index in [0.717, 1.165) is 25.7 Å². The Bertz CT molecular complexity index is 451. The maximum Gasteiger partial charge on any atom is 0.309 e. The number of hydroxylamine groups is 3. The van der Waals surface area contributed by atoms with Crippen molar-refractivity contribution in [3.63, 3.8) is 0 Å². The van der Waals surface area contributed by atoms with Crippen LogP contribution in [0.1, 0.15) is 38.5 Å². The Labute approximate surface area is 130 Å². The predicted molar refractivity (Wildman–Crippen MR) is 78.6 cm³/mol. The molecule has 0 N–H and O–H groups in total. The van der Waals surface area contributed by atoms with Crippen LogP contribution in [-0.2, 0) is 19.1 Å². The number of Topliss-reactive ketones (excluding diaryl/α,β-unsaturated/α-hetero) is 1. The molecule has 0 amide bonds. The minimum absolute atomic E-state index is 0.0315. The first-order valence-electron chi connectivity index (χ1n) is 8.30. The van der Waals surface area contributed by atoms with E-state index in [1.807, 2.05) is 0 Å². The van der Waals surface area contributed by atoms with Crippen LogP contribution in [0.4, 0.5) is 0 Å². The Balaban J connectivity index is 1.76. The molecule has 1 saturated carbocycles. The number of methoxy groups -OCH3 is 1. The molecule has 1 unspecified atom stereocenters. The van der Waals surface area contributed by atoms with Crippen molar-refractivity contribution in [3.05, 3.63) is 5.21 Å². The molecular formula is C16H25NO5. The first kappa shape index (κ1) is 15.9. The third-order valence-corrected chi connectivity index (χ3v) is 5.81. The molecule has 124 valence electrons. The van der Waals surface area contributed by atoms with Crippen molar-refractivity contribution in [2.45, 2.75) is 44.1 Å². The number of quaternary nitrogens is 1. The second kappa shape index (κ2) is 5.91. The Hall–Kier alpha value is -0.980. The van der Waals surface area contributed by atoms with Crippen LogP contribution >= 0.6 is 0 Å². The Morgan fingerprint density at radius 2 is 1.86 bits per heavy atom. The normalized spacial score (nSPS) is 38.5. The number of nitrogens with zero attached hydrogens (tertiary/aromatic N) is 1. The van der Waals surface area contributed by atoms with Gasteiger partial charge in [-0.3, -0.25) is 9.59 Å². The van der Waals surface area contributed by atoms with Crippen LogP contribution in [0.25, 0.3) is 0 Å². The highest BCUT2D eigenvalue weighted by molar-refractivity contribution is 5.91. The summed E-state index contributed by atoms with van der Waals surface area (Å²) in [6.45, 7) is 0.736. The van der Waals surface area contributed by atoms with Gasteiger partial charge in [0.1, 0.15) is 6.61 Å².